The van der Waals surface area contributed by atoms with Crippen LogP contribution < -0.4 is 15.8 Å². The third-order valence-electron chi connectivity index (χ3n) is 2.35. The van der Waals surface area contributed by atoms with Gasteiger partial charge in [0.05, 0.1) is 17.0 Å². The molecule has 0 atom stereocenters. The number of hydrogen-bond acceptors (Lipinski definition) is 4. The third kappa shape index (κ3) is 6.19. The van der Waals surface area contributed by atoms with Crippen LogP contribution in [-0.2, 0) is 10.0 Å². The maximum absolute atomic E-state index is 13.4. The summed E-state index contributed by atoms with van der Waals surface area (Å²) in [4.78, 5) is 22.2. The van der Waals surface area contributed by atoms with Crippen LogP contribution in [0.25, 0.3) is 0 Å². The van der Waals surface area contributed by atoms with Crippen molar-refractivity contribution in [2.24, 2.45) is 5.14 Å². The minimum absolute atomic E-state index is 0.0164. The number of rotatable bonds is 6. The fraction of sp³-hybridized carbons (Fsp3) is 0.273. The second-order valence-corrected chi connectivity index (χ2v) is 5.84. The van der Waals surface area contributed by atoms with Crippen LogP contribution in [0.2, 0.25) is 0 Å². The third-order valence-corrected chi connectivity index (χ3v) is 3.21. The summed E-state index contributed by atoms with van der Waals surface area (Å²) in [5, 5.41) is 18.0. The van der Waals surface area contributed by atoms with Gasteiger partial charge in [0.15, 0.2) is 0 Å². The molecule has 0 fully saturated rings. The highest BCUT2D eigenvalue weighted by Crippen LogP contribution is 2.16. The second kappa shape index (κ2) is 6.99. The van der Waals surface area contributed by atoms with Gasteiger partial charge >= 0.3 is 12.0 Å². The predicted molar refractivity (Wildman–Crippen MR) is 73.0 cm³/mol. The molecule has 5 N–H and O–H groups in total. The van der Waals surface area contributed by atoms with E-state index in [1.54, 1.807) is 0 Å². The van der Waals surface area contributed by atoms with Gasteiger partial charge < -0.3 is 15.7 Å². The first kappa shape index (κ1) is 16.9. The van der Waals surface area contributed by atoms with E-state index in [0.717, 1.165) is 18.2 Å². The van der Waals surface area contributed by atoms with Crippen molar-refractivity contribution in [3.63, 3.8) is 0 Å². The zero-order valence-electron chi connectivity index (χ0n) is 10.8. The van der Waals surface area contributed by atoms with Crippen molar-refractivity contribution >= 4 is 27.7 Å². The van der Waals surface area contributed by atoms with Crippen molar-refractivity contribution in [1.29, 1.82) is 0 Å². The zero-order valence-corrected chi connectivity index (χ0v) is 11.6. The fourth-order valence-electron chi connectivity index (χ4n) is 1.40. The number of nitrogens with two attached hydrogens (primary N) is 1. The Kier molecular flexibility index (Phi) is 5.61. The molecule has 0 aliphatic heterocycles. The van der Waals surface area contributed by atoms with E-state index in [1.807, 2.05) is 0 Å². The highest BCUT2D eigenvalue weighted by molar-refractivity contribution is 7.89. The van der Waals surface area contributed by atoms with Crippen molar-refractivity contribution in [3.8, 4) is 0 Å². The first-order chi connectivity index (χ1) is 9.69. The number of aromatic carboxylic acids is 1. The second-order valence-electron chi connectivity index (χ2n) is 4.10. The van der Waals surface area contributed by atoms with E-state index >= 15 is 0 Å². The number of urea groups is 1. The molecule has 116 valence electrons. The Morgan fingerprint density at radius 1 is 1.33 bits per heavy atom. The van der Waals surface area contributed by atoms with Gasteiger partial charge in [0.25, 0.3) is 0 Å². The predicted octanol–water partition coefficient (Wildman–Crippen LogP) is 0.324. The Morgan fingerprint density at radius 3 is 2.57 bits per heavy atom. The van der Waals surface area contributed by atoms with Crippen LogP contribution in [0.3, 0.4) is 0 Å². The minimum atomic E-state index is -3.60. The molecule has 1 rings (SSSR count). The number of hydrogen-bond donors (Lipinski definition) is 4. The average Bonchev–Trinajstić information content (AvgIpc) is 2.36. The molecule has 2 amide bonds. The number of nitrogens with one attached hydrogen (secondary N) is 2. The van der Waals surface area contributed by atoms with Gasteiger partial charge in [0.2, 0.25) is 10.0 Å². The van der Waals surface area contributed by atoms with Crippen LogP contribution in [-0.4, -0.2) is 37.8 Å². The van der Waals surface area contributed by atoms with Gasteiger partial charge in [-0.1, -0.05) is 0 Å². The molecular formula is C11H14FN3O5S. The fourth-order valence-corrected chi connectivity index (χ4v) is 1.94. The van der Waals surface area contributed by atoms with E-state index in [4.69, 9.17) is 10.2 Å². The van der Waals surface area contributed by atoms with Gasteiger partial charge in [0.1, 0.15) is 5.82 Å². The van der Waals surface area contributed by atoms with Gasteiger partial charge in [-0.3, -0.25) is 0 Å². The van der Waals surface area contributed by atoms with Crippen LogP contribution in [0, 0.1) is 5.82 Å². The van der Waals surface area contributed by atoms with Gasteiger partial charge in [-0.15, -0.1) is 0 Å². The molecular weight excluding hydrogens is 305 g/mol. The quantitative estimate of drug-likeness (QED) is 0.559. The molecule has 0 saturated heterocycles. The van der Waals surface area contributed by atoms with Crippen molar-refractivity contribution < 1.29 is 27.5 Å². The van der Waals surface area contributed by atoms with Gasteiger partial charge in [-0.2, -0.15) is 0 Å². The van der Waals surface area contributed by atoms with Crippen molar-refractivity contribution in [2.75, 3.05) is 17.6 Å². The molecule has 1 aromatic rings. The molecule has 0 saturated carbocycles. The number of carbonyl (C=O) groups is 2. The molecule has 0 aliphatic carbocycles. The number of carboxylic acids is 1. The number of halogens is 1. The lowest BCUT2D eigenvalue weighted by Crippen LogP contribution is -2.31. The number of amides is 2. The Labute approximate surface area is 120 Å². The molecule has 10 heteroatoms. The van der Waals surface area contributed by atoms with Crippen molar-refractivity contribution in [3.05, 3.63) is 29.6 Å². The number of carboxylic acid groups (broad SMARTS) is 1. The minimum Gasteiger partial charge on any atom is -0.478 e. The molecule has 1 aromatic carbocycles. The van der Waals surface area contributed by atoms with E-state index in [-0.39, 0.29) is 30.0 Å². The molecule has 0 radical (unpaired) electrons. The molecule has 0 spiro atoms. The van der Waals surface area contributed by atoms with E-state index in [0.29, 0.717) is 0 Å². The smallest absolute Gasteiger partial charge is 0.335 e. The van der Waals surface area contributed by atoms with Crippen LogP contribution >= 0.6 is 0 Å². The lowest BCUT2D eigenvalue weighted by molar-refractivity contribution is 0.0697. The largest absolute Gasteiger partial charge is 0.478 e. The normalized spacial score (nSPS) is 11.0. The maximum Gasteiger partial charge on any atom is 0.335 e. The van der Waals surface area contributed by atoms with Crippen molar-refractivity contribution in [1.82, 2.24) is 5.32 Å². The van der Waals surface area contributed by atoms with Crippen molar-refractivity contribution in [2.45, 2.75) is 6.42 Å². The summed E-state index contributed by atoms with van der Waals surface area (Å²) in [6.07, 6.45) is 0.101. The summed E-state index contributed by atoms with van der Waals surface area (Å²) < 4.78 is 34.7. The summed E-state index contributed by atoms with van der Waals surface area (Å²) in [6, 6.07) is 2.17. The van der Waals surface area contributed by atoms with E-state index in [2.05, 4.69) is 10.6 Å². The van der Waals surface area contributed by atoms with E-state index in [9.17, 15) is 22.4 Å². The summed E-state index contributed by atoms with van der Waals surface area (Å²) >= 11 is 0. The molecule has 8 nitrogen and oxygen atoms in total. The summed E-state index contributed by atoms with van der Waals surface area (Å²) in [6.45, 7) is 0.0164. The van der Waals surface area contributed by atoms with Crippen LogP contribution in [0.4, 0.5) is 14.9 Å². The van der Waals surface area contributed by atoms with Gasteiger partial charge in [-0.05, 0) is 24.6 Å². The average molecular weight is 319 g/mol. The molecule has 21 heavy (non-hydrogen) atoms. The summed E-state index contributed by atoms with van der Waals surface area (Å²) in [5.41, 5.74) is -0.472. The topological polar surface area (TPSA) is 139 Å². The molecule has 0 bridgehead atoms. The van der Waals surface area contributed by atoms with E-state index in [1.165, 1.54) is 0 Å². The molecule has 0 aromatic heterocycles. The number of sulfonamides is 1. The Balaban J connectivity index is 2.55. The Hall–Kier alpha value is -2.20. The van der Waals surface area contributed by atoms with Gasteiger partial charge in [-0.25, -0.2) is 27.5 Å². The number of anilines is 1. The number of primary sulfonamides is 1. The van der Waals surface area contributed by atoms with Gasteiger partial charge in [0, 0.05) is 6.54 Å². The first-order valence-electron chi connectivity index (χ1n) is 5.77. The van der Waals surface area contributed by atoms with E-state index < -0.39 is 27.8 Å². The SMILES string of the molecule is NS(=O)(=O)CCCNC(=O)Nc1cc(C(=O)O)ccc1F. The number of carbonyl (C=O) groups excluding carboxylic acids is 1. The maximum atomic E-state index is 13.4. The van der Waals surface area contributed by atoms with Crippen LogP contribution in [0.5, 0.6) is 0 Å². The molecule has 0 unspecified atom stereocenters. The monoisotopic (exact) mass is 319 g/mol. The lowest BCUT2D eigenvalue weighted by atomic mass is 10.2. The zero-order chi connectivity index (χ0) is 16.0. The summed E-state index contributed by atoms with van der Waals surface area (Å²) in [5.74, 6) is -2.35. The first-order valence-corrected chi connectivity index (χ1v) is 7.49. The lowest BCUT2D eigenvalue weighted by Gasteiger charge is -2.08. The molecule has 0 aliphatic rings. The number of benzene rings is 1. The van der Waals surface area contributed by atoms with Crippen LogP contribution in [0.15, 0.2) is 18.2 Å². The Morgan fingerprint density at radius 2 is 2.00 bits per heavy atom. The van der Waals surface area contributed by atoms with Crippen LogP contribution in [0.1, 0.15) is 16.8 Å². The Bertz CT molecular complexity index is 647. The molecule has 0 heterocycles. The standard InChI is InChI=1S/C11H14FN3O5S/c12-8-3-2-7(10(16)17)6-9(8)15-11(18)14-4-1-5-21(13,19)20/h2-3,6H,1,4-5H2,(H,16,17)(H2,13,19,20)(H2,14,15,18). The highest BCUT2D eigenvalue weighted by Gasteiger charge is 2.11. The summed E-state index contributed by atoms with van der Waals surface area (Å²) in [7, 11) is -3.60. The highest BCUT2D eigenvalue weighted by atomic mass is 32.2.